The van der Waals surface area contributed by atoms with E-state index in [1.54, 1.807) is 16.6 Å². The Balaban J connectivity index is 1.46. The molecule has 0 aliphatic heterocycles. The van der Waals surface area contributed by atoms with Gasteiger partial charge in [-0.05, 0) is 45.0 Å². The molecule has 2 amide bonds. The quantitative estimate of drug-likeness (QED) is 0.467. The molecule has 0 radical (unpaired) electrons. The fraction of sp³-hybridized carbons (Fsp3) is 0.346. The molecule has 8 heteroatoms. The normalized spacial score (nSPS) is 10.6. The van der Waals surface area contributed by atoms with Crippen molar-refractivity contribution < 1.29 is 19.1 Å². The fourth-order valence-corrected chi connectivity index (χ4v) is 3.32. The lowest BCUT2D eigenvalue weighted by molar-refractivity contribution is -0.131. The fourth-order valence-electron chi connectivity index (χ4n) is 3.32. The highest BCUT2D eigenvalue weighted by molar-refractivity contribution is 5.92. The average Bonchev–Trinajstić information content (AvgIpc) is 3.08. The summed E-state index contributed by atoms with van der Waals surface area (Å²) in [5.74, 6) is 1.24. The molecule has 0 atom stereocenters. The number of hydrogen-bond acceptors (Lipinski definition) is 5. The van der Waals surface area contributed by atoms with Gasteiger partial charge in [0.1, 0.15) is 24.7 Å². The predicted octanol–water partition coefficient (Wildman–Crippen LogP) is 3.75. The van der Waals surface area contributed by atoms with Gasteiger partial charge in [-0.25, -0.2) is 0 Å². The summed E-state index contributed by atoms with van der Waals surface area (Å²) >= 11 is 0. The van der Waals surface area contributed by atoms with Crippen LogP contribution in [0.25, 0.3) is 0 Å². The standard InChI is InChI=1S/C26H32N4O4/c1-19-10-12-23(13-11-19)34-17-15-29(4)25(32)18-30-21(3)26(20(2)28-30)27-24(31)14-16-33-22-8-6-5-7-9-22/h5-13H,14-18H2,1-4H3,(H,27,31). The molecule has 0 aliphatic carbocycles. The predicted molar refractivity (Wildman–Crippen MR) is 131 cm³/mol. The number of para-hydroxylation sites is 1. The molecule has 1 N–H and O–H groups in total. The number of carbonyl (C=O) groups is 2. The van der Waals surface area contributed by atoms with Gasteiger partial charge in [0.2, 0.25) is 11.8 Å². The lowest BCUT2D eigenvalue weighted by atomic mass is 10.2. The monoisotopic (exact) mass is 464 g/mol. The van der Waals surface area contributed by atoms with Gasteiger partial charge in [0.15, 0.2) is 0 Å². The lowest BCUT2D eigenvalue weighted by Gasteiger charge is -2.18. The van der Waals surface area contributed by atoms with Crippen molar-refractivity contribution in [3.8, 4) is 11.5 Å². The van der Waals surface area contributed by atoms with E-state index in [4.69, 9.17) is 9.47 Å². The summed E-state index contributed by atoms with van der Waals surface area (Å²) < 4.78 is 12.9. The Labute approximate surface area is 200 Å². The van der Waals surface area contributed by atoms with Crippen LogP contribution in [0.2, 0.25) is 0 Å². The van der Waals surface area contributed by atoms with Gasteiger partial charge in [0.05, 0.1) is 36.6 Å². The number of benzene rings is 2. The molecule has 180 valence electrons. The van der Waals surface area contributed by atoms with Crippen LogP contribution in [0.4, 0.5) is 5.69 Å². The second kappa shape index (κ2) is 11.9. The van der Waals surface area contributed by atoms with Crippen molar-refractivity contribution >= 4 is 17.5 Å². The minimum atomic E-state index is -0.168. The lowest BCUT2D eigenvalue weighted by Crippen LogP contribution is -2.34. The van der Waals surface area contributed by atoms with E-state index in [2.05, 4.69) is 10.4 Å². The van der Waals surface area contributed by atoms with Crippen LogP contribution in [0, 0.1) is 20.8 Å². The van der Waals surface area contributed by atoms with Crippen molar-refractivity contribution in [3.63, 3.8) is 0 Å². The van der Waals surface area contributed by atoms with Crippen LogP contribution in [-0.2, 0) is 16.1 Å². The van der Waals surface area contributed by atoms with Crippen molar-refractivity contribution in [2.45, 2.75) is 33.7 Å². The summed E-state index contributed by atoms with van der Waals surface area (Å²) in [5.41, 5.74) is 3.18. The number of aromatic nitrogens is 2. The second-order valence-corrected chi connectivity index (χ2v) is 8.14. The number of hydrogen-bond donors (Lipinski definition) is 1. The SMILES string of the molecule is Cc1ccc(OCCN(C)C(=O)Cn2nc(C)c(NC(=O)CCOc3ccccc3)c2C)cc1. The highest BCUT2D eigenvalue weighted by Crippen LogP contribution is 2.20. The Hall–Kier alpha value is -3.81. The first-order chi connectivity index (χ1) is 16.3. The number of aryl methyl sites for hydroxylation is 2. The van der Waals surface area contributed by atoms with Gasteiger partial charge in [-0.3, -0.25) is 14.3 Å². The first-order valence-electron chi connectivity index (χ1n) is 11.3. The highest BCUT2D eigenvalue weighted by atomic mass is 16.5. The number of ether oxygens (including phenoxy) is 2. The third kappa shape index (κ3) is 7.10. The number of nitrogens with zero attached hydrogens (tertiary/aromatic N) is 3. The Morgan fingerprint density at radius 2 is 1.59 bits per heavy atom. The van der Waals surface area contributed by atoms with E-state index in [-0.39, 0.29) is 31.4 Å². The molecule has 3 aromatic rings. The number of carbonyl (C=O) groups excluding carboxylic acids is 2. The van der Waals surface area contributed by atoms with E-state index in [1.807, 2.05) is 75.4 Å². The number of likely N-dealkylation sites (N-methyl/N-ethyl adjacent to an activating group) is 1. The first-order valence-corrected chi connectivity index (χ1v) is 11.3. The molecule has 0 fully saturated rings. The molecule has 8 nitrogen and oxygen atoms in total. The first kappa shape index (κ1) is 24.8. The van der Waals surface area contributed by atoms with Crippen LogP contribution in [0.1, 0.15) is 23.4 Å². The van der Waals surface area contributed by atoms with Gasteiger partial charge >= 0.3 is 0 Å². The Kier molecular flexibility index (Phi) is 8.67. The molecule has 3 rings (SSSR count). The maximum atomic E-state index is 12.7. The molecule has 0 unspecified atom stereocenters. The van der Waals surface area contributed by atoms with Crippen LogP contribution in [0.5, 0.6) is 11.5 Å². The van der Waals surface area contributed by atoms with E-state index in [0.717, 1.165) is 17.2 Å². The minimum absolute atomic E-state index is 0.0840. The number of amides is 2. The van der Waals surface area contributed by atoms with Crippen molar-refractivity contribution in [3.05, 3.63) is 71.5 Å². The van der Waals surface area contributed by atoms with Crippen molar-refractivity contribution in [1.82, 2.24) is 14.7 Å². The van der Waals surface area contributed by atoms with Crippen LogP contribution < -0.4 is 14.8 Å². The molecule has 1 aromatic heterocycles. The zero-order chi connectivity index (χ0) is 24.5. The maximum absolute atomic E-state index is 12.7. The third-order valence-electron chi connectivity index (χ3n) is 5.41. The Morgan fingerprint density at radius 3 is 2.29 bits per heavy atom. The molecule has 1 heterocycles. The average molecular weight is 465 g/mol. The maximum Gasteiger partial charge on any atom is 0.244 e. The molecule has 0 bridgehead atoms. The minimum Gasteiger partial charge on any atom is -0.493 e. The van der Waals surface area contributed by atoms with Gasteiger partial charge < -0.3 is 19.7 Å². The van der Waals surface area contributed by atoms with Gasteiger partial charge in [-0.1, -0.05) is 35.9 Å². The molecule has 0 aliphatic rings. The second-order valence-electron chi connectivity index (χ2n) is 8.14. The summed E-state index contributed by atoms with van der Waals surface area (Å²) in [6.45, 7) is 6.88. The number of nitrogens with one attached hydrogen (secondary N) is 1. The van der Waals surface area contributed by atoms with Gasteiger partial charge in [0, 0.05) is 7.05 Å². The van der Waals surface area contributed by atoms with Crippen LogP contribution in [0.3, 0.4) is 0 Å². The van der Waals surface area contributed by atoms with Crippen molar-refractivity contribution in [2.24, 2.45) is 0 Å². The Morgan fingerprint density at radius 1 is 0.941 bits per heavy atom. The summed E-state index contributed by atoms with van der Waals surface area (Å²) in [6, 6.07) is 17.2. The molecular formula is C26H32N4O4. The van der Waals surface area contributed by atoms with Crippen LogP contribution in [0.15, 0.2) is 54.6 Å². The van der Waals surface area contributed by atoms with E-state index in [9.17, 15) is 9.59 Å². The van der Waals surface area contributed by atoms with Gasteiger partial charge in [-0.2, -0.15) is 5.10 Å². The largest absolute Gasteiger partial charge is 0.493 e. The van der Waals surface area contributed by atoms with E-state index in [1.165, 1.54) is 5.56 Å². The summed E-state index contributed by atoms with van der Waals surface area (Å²) in [4.78, 5) is 26.7. The Bertz CT molecular complexity index is 1090. The molecule has 0 saturated heterocycles. The van der Waals surface area contributed by atoms with E-state index >= 15 is 0 Å². The third-order valence-corrected chi connectivity index (χ3v) is 5.41. The smallest absolute Gasteiger partial charge is 0.244 e. The zero-order valence-electron chi connectivity index (χ0n) is 20.2. The van der Waals surface area contributed by atoms with Crippen molar-refractivity contribution in [1.29, 1.82) is 0 Å². The molecule has 34 heavy (non-hydrogen) atoms. The zero-order valence-corrected chi connectivity index (χ0v) is 20.2. The molecule has 2 aromatic carbocycles. The van der Waals surface area contributed by atoms with Crippen LogP contribution >= 0.6 is 0 Å². The number of rotatable bonds is 11. The molecule has 0 saturated carbocycles. The van der Waals surface area contributed by atoms with Crippen molar-refractivity contribution in [2.75, 3.05) is 32.1 Å². The summed E-state index contributed by atoms with van der Waals surface area (Å²) in [5, 5.41) is 7.34. The number of anilines is 1. The van der Waals surface area contributed by atoms with Gasteiger partial charge in [0.25, 0.3) is 0 Å². The van der Waals surface area contributed by atoms with Crippen LogP contribution in [-0.4, -0.2) is 53.3 Å². The summed E-state index contributed by atoms with van der Waals surface area (Å²) in [6.07, 6.45) is 0.210. The topological polar surface area (TPSA) is 85.7 Å². The highest BCUT2D eigenvalue weighted by Gasteiger charge is 2.18. The van der Waals surface area contributed by atoms with Gasteiger partial charge in [-0.15, -0.1) is 0 Å². The molecule has 0 spiro atoms. The molecular weight excluding hydrogens is 432 g/mol. The summed E-state index contributed by atoms with van der Waals surface area (Å²) in [7, 11) is 1.74. The van der Waals surface area contributed by atoms with E-state index in [0.29, 0.717) is 24.5 Å². The van der Waals surface area contributed by atoms with E-state index < -0.39 is 0 Å².